The highest BCUT2D eigenvalue weighted by atomic mass is 16.5. The fraction of sp³-hybridized carbons (Fsp3) is 0.312. The van der Waals surface area contributed by atoms with Crippen molar-refractivity contribution in [1.82, 2.24) is 0 Å². The Hall–Kier alpha value is -3.68. The van der Waals surface area contributed by atoms with Gasteiger partial charge in [0.25, 0.3) is 0 Å². The molecule has 0 N–H and O–H groups in total. The standard InChI is InChI=1S/C16H14N3O6/c1-23-14(20)6-11(7-17)10(4-12(8-18)15(21)24-2)5-13(9-19)16(22)25-3/h4-5,11H,6H2,1-3H3/q-1/b10-4-,13-5+. The van der Waals surface area contributed by atoms with E-state index < -0.39 is 41.4 Å². The molecule has 0 aliphatic carbocycles. The van der Waals surface area contributed by atoms with E-state index in [1.165, 1.54) is 0 Å². The molecule has 0 bridgehead atoms. The highest BCUT2D eigenvalue weighted by molar-refractivity contribution is 6.02. The molecule has 25 heavy (non-hydrogen) atoms. The molecular weight excluding hydrogens is 330 g/mol. The third-order valence-electron chi connectivity index (χ3n) is 2.83. The fourth-order valence-electron chi connectivity index (χ4n) is 1.56. The van der Waals surface area contributed by atoms with Crippen molar-refractivity contribution in [3.63, 3.8) is 0 Å². The molecule has 130 valence electrons. The Balaban J connectivity index is 6.27. The minimum absolute atomic E-state index is 0.100. The van der Waals surface area contributed by atoms with Gasteiger partial charge in [-0.2, -0.15) is 10.5 Å². The van der Waals surface area contributed by atoms with Gasteiger partial charge in [0.1, 0.15) is 11.6 Å². The summed E-state index contributed by atoms with van der Waals surface area (Å²) in [6.45, 7) is 0. The van der Waals surface area contributed by atoms with Crippen LogP contribution in [0.4, 0.5) is 0 Å². The van der Waals surface area contributed by atoms with Gasteiger partial charge in [0, 0.05) is 0 Å². The van der Waals surface area contributed by atoms with Crippen LogP contribution in [0.5, 0.6) is 0 Å². The van der Waals surface area contributed by atoms with E-state index in [0.29, 0.717) is 0 Å². The number of esters is 3. The Labute approximate surface area is 143 Å². The first kappa shape index (κ1) is 21.3. The predicted molar refractivity (Wildman–Crippen MR) is 83.4 cm³/mol. The van der Waals surface area contributed by atoms with E-state index in [-0.39, 0.29) is 5.57 Å². The molecule has 0 aliphatic heterocycles. The van der Waals surface area contributed by atoms with Crippen LogP contribution < -0.4 is 0 Å². The lowest BCUT2D eigenvalue weighted by molar-refractivity contribution is -0.141. The molecule has 0 saturated heterocycles. The van der Waals surface area contributed by atoms with Crippen molar-refractivity contribution in [3.05, 3.63) is 34.3 Å². The van der Waals surface area contributed by atoms with Gasteiger partial charge < -0.3 is 19.6 Å². The second-order valence-corrected chi connectivity index (χ2v) is 4.28. The molecule has 9 heteroatoms. The molecule has 0 rings (SSSR count). The average Bonchev–Trinajstić information content (AvgIpc) is 2.65. The van der Waals surface area contributed by atoms with Crippen molar-refractivity contribution < 1.29 is 28.6 Å². The molecular formula is C16H14N3O6-. The first-order valence-electron chi connectivity index (χ1n) is 6.61. The third kappa shape index (κ3) is 6.53. The van der Waals surface area contributed by atoms with E-state index in [1.54, 1.807) is 18.0 Å². The first-order valence-corrected chi connectivity index (χ1v) is 6.61. The molecule has 0 saturated carbocycles. The van der Waals surface area contributed by atoms with Crippen molar-refractivity contribution in [2.24, 2.45) is 5.92 Å². The third-order valence-corrected chi connectivity index (χ3v) is 2.83. The van der Waals surface area contributed by atoms with Gasteiger partial charge in [0.05, 0.1) is 45.3 Å². The molecule has 0 aromatic carbocycles. The Morgan fingerprint density at radius 1 is 1.04 bits per heavy atom. The lowest BCUT2D eigenvalue weighted by Crippen LogP contribution is -2.13. The Bertz CT molecular complexity index is 745. The number of carbonyl (C=O) groups is 3. The zero-order valence-electron chi connectivity index (χ0n) is 13.7. The minimum atomic E-state index is -1.19. The Morgan fingerprint density at radius 2 is 1.64 bits per heavy atom. The zero-order chi connectivity index (χ0) is 19.4. The van der Waals surface area contributed by atoms with E-state index in [1.807, 2.05) is 0 Å². The van der Waals surface area contributed by atoms with Crippen LogP contribution in [0.3, 0.4) is 0 Å². The summed E-state index contributed by atoms with van der Waals surface area (Å²) in [5.41, 5.74) is -1.07. The molecule has 9 nitrogen and oxygen atoms in total. The highest BCUT2D eigenvalue weighted by Gasteiger charge is 2.21. The topological polar surface area (TPSA) is 149 Å². The molecule has 1 unspecified atom stereocenters. The number of hydrogen-bond donors (Lipinski definition) is 0. The maximum Gasteiger partial charge on any atom is 0.348 e. The van der Waals surface area contributed by atoms with E-state index in [9.17, 15) is 19.6 Å². The van der Waals surface area contributed by atoms with Gasteiger partial charge in [-0.3, -0.25) is 10.7 Å². The molecule has 0 aromatic heterocycles. The number of nitriles is 2. The van der Waals surface area contributed by atoms with Crippen LogP contribution in [0, 0.1) is 28.6 Å². The Morgan fingerprint density at radius 3 is 2.04 bits per heavy atom. The second-order valence-electron chi connectivity index (χ2n) is 4.28. The largest absolute Gasteiger partial charge is 0.763 e. The summed E-state index contributed by atoms with van der Waals surface area (Å²) >= 11 is 0. The summed E-state index contributed by atoms with van der Waals surface area (Å²) in [7, 11) is 3.22. The summed E-state index contributed by atoms with van der Waals surface area (Å²) in [6.07, 6.45) is 1.50. The molecule has 0 spiro atoms. The molecule has 0 radical (unpaired) electrons. The summed E-state index contributed by atoms with van der Waals surface area (Å²) in [5.74, 6) is -2.32. The summed E-state index contributed by atoms with van der Waals surface area (Å²) in [5, 5.41) is 27.3. The number of allylic oxidation sites excluding steroid dienone is 2. The smallest absolute Gasteiger partial charge is 0.348 e. The highest BCUT2D eigenvalue weighted by Crippen LogP contribution is 2.21. The van der Waals surface area contributed by atoms with Crippen molar-refractivity contribution in [2.75, 3.05) is 21.3 Å². The quantitative estimate of drug-likeness (QED) is 0.162. The van der Waals surface area contributed by atoms with Gasteiger partial charge in [-0.25, -0.2) is 9.59 Å². The molecule has 0 heterocycles. The SMILES string of the molecule is COC(=O)CC(C#N)C(=C\C(=C=[N-])C(=O)OC)/C=C(\C#N)C(=O)OC. The van der Waals surface area contributed by atoms with Gasteiger partial charge in [0.15, 0.2) is 0 Å². The second kappa shape index (κ2) is 10.9. The number of ether oxygens (including phenoxy) is 3. The van der Waals surface area contributed by atoms with Gasteiger partial charge in [-0.05, 0) is 17.7 Å². The number of hydrogen-bond acceptors (Lipinski definition) is 8. The number of rotatable bonds is 7. The van der Waals surface area contributed by atoms with Crippen LogP contribution >= 0.6 is 0 Å². The molecule has 0 amide bonds. The number of methoxy groups -OCH3 is 3. The lowest BCUT2D eigenvalue weighted by atomic mass is 9.93. The molecule has 1 atom stereocenters. The molecule has 0 aromatic rings. The van der Waals surface area contributed by atoms with Gasteiger partial charge in [0.2, 0.25) is 0 Å². The lowest BCUT2D eigenvalue weighted by Gasteiger charge is -2.11. The van der Waals surface area contributed by atoms with Crippen LogP contribution in [0.15, 0.2) is 28.9 Å². The first-order chi connectivity index (χ1) is 11.9. The summed E-state index contributed by atoms with van der Waals surface area (Å²) < 4.78 is 13.3. The summed E-state index contributed by atoms with van der Waals surface area (Å²) in [4.78, 5) is 34.5. The zero-order valence-corrected chi connectivity index (χ0v) is 13.7. The van der Waals surface area contributed by atoms with Crippen molar-refractivity contribution in [1.29, 1.82) is 10.5 Å². The normalized spacial score (nSPS) is 11.9. The minimum Gasteiger partial charge on any atom is -0.763 e. The number of nitrogens with zero attached hydrogens (tertiary/aromatic N) is 3. The maximum absolute atomic E-state index is 11.5. The van der Waals surface area contributed by atoms with Crippen molar-refractivity contribution >= 4 is 23.8 Å². The van der Waals surface area contributed by atoms with E-state index in [0.717, 1.165) is 33.5 Å². The van der Waals surface area contributed by atoms with Crippen LogP contribution in [-0.2, 0) is 28.6 Å². The van der Waals surface area contributed by atoms with Crippen LogP contribution in [-0.4, -0.2) is 45.1 Å². The van der Waals surface area contributed by atoms with Crippen LogP contribution in [0.1, 0.15) is 6.42 Å². The van der Waals surface area contributed by atoms with Gasteiger partial charge in [-0.15, -0.1) is 0 Å². The fourth-order valence-corrected chi connectivity index (χ4v) is 1.56. The molecule has 0 aliphatic rings. The average molecular weight is 344 g/mol. The van der Waals surface area contributed by atoms with E-state index in [4.69, 9.17) is 10.7 Å². The van der Waals surface area contributed by atoms with Crippen molar-refractivity contribution in [3.8, 4) is 12.1 Å². The van der Waals surface area contributed by atoms with Crippen LogP contribution in [0.2, 0.25) is 0 Å². The van der Waals surface area contributed by atoms with Gasteiger partial charge in [-0.1, -0.05) is 0 Å². The maximum atomic E-state index is 11.5. The monoisotopic (exact) mass is 344 g/mol. The number of carbonyl (C=O) groups excluding carboxylic acids is 3. The van der Waals surface area contributed by atoms with E-state index in [2.05, 4.69) is 14.2 Å². The van der Waals surface area contributed by atoms with Crippen molar-refractivity contribution in [2.45, 2.75) is 6.42 Å². The predicted octanol–water partition coefficient (Wildman–Crippen LogP) is 0.577. The molecule has 0 fully saturated rings. The van der Waals surface area contributed by atoms with Gasteiger partial charge >= 0.3 is 17.9 Å². The van der Waals surface area contributed by atoms with Crippen LogP contribution in [0.25, 0.3) is 5.41 Å². The summed E-state index contributed by atoms with van der Waals surface area (Å²) in [6, 6.07) is 3.37. The Kier molecular flexibility index (Phi) is 9.34. The van der Waals surface area contributed by atoms with E-state index >= 15 is 0 Å².